The summed E-state index contributed by atoms with van der Waals surface area (Å²) in [5.74, 6) is 0.517. The van der Waals surface area contributed by atoms with Gasteiger partial charge < -0.3 is 15.1 Å². The first-order valence-corrected chi connectivity index (χ1v) is 9.39. The van der Waals surface area contributed by atoms with Gasteiger partial charge in [-0.15, -0.1) is 0 Å². The Morgan fingerprint density at radius 1 is 1.35 bits per heavy atom. The lowest BCUT2D eigenvalue weighted by Crippen LogP contribution is -2.45. The highest BCUT2D eigenvalue weighted by Crippen LogP contribution is 2.23. The van der Waals surface area contributed by atoms with Crippen molar-refractivity contribution in [3.8, 4) is 0 Å². The fraction of sp³-hybridized carbons (Fsp3) is 0.588. The van der Waals surface area contributed by atoms with Crippen molar-refractivity contribution < 1.29 is 9.18 Å². The number of rotatable bonds is 6. The highest BCUT2D eigenvalue weighted by atomic mass is 32.2. The van der Waals surface area contributed by atoms with Gasteiger partial charge in [0, 0.05) is 50.1 Å². The van der Waals surface area contributed by atoms with Crippen molar-refractivity contribution in [2.45, 2.75) is 13.5 Å². The van der Waals surface area contributed by atoms with E-state index in [0.29, 0.717) is 6.54 Å². The number of nitrogens with one attached hydrogen (secondary N) is 1. The smallest absolute Gasteiger partial charge is 0.223 e. The molecule has 0 radical (unpaired) electrons. The van der Waals surface area contributed by atoms with Crippen molar-refractivity contribution in [2.75, 3.05) is 50.1 Å². The van der Waals surface area contributed by atoms with Crippen molar-refractivity contribution in [1.29, 1.82) is 0 Å². The minimum absolute atomic E-state index is 0.0212. The van der Waals surface area contributed by atoms with Gasteiger partial charge >= 0.3 is 0 Å². The summed E-state index contributed by atoms with van der Waals surface area (Å²) in [5, 5.41) is 2.94. The molecule has 0 saturated carbocycles. The zero-order valence-corrected chi connectivity index (χ0v) is 15.0. The summed E-state index contributed by atoms with van der Waals surface area (Å²) >= 11 is 1.65. The molecule has 1 aromatic rings. The average Bonchev–Trinajstić information content (AvgIpc) is 2.54. The Labute approximate surface area is 142 Å². The van der Waals surface area contributed by atoms with Crippen LogP contribution in [0.15, 0.2) is 18.2 Å². The zero-order valence-electron chi connectivity index (χ0n) is 14.1. The normalized spacial score (nSPS) is 17.1. The number of carbonyl (C=O) groups is 1. The summed E-state index contributed by atoms with van der Waals surface area (Å²) in [4.78, 5) is 16.6. The second kappa shape index (κ2) is 8.55. The summed E-state index contributed by atoms with van der Waals surface area (Å²) in [6.07, 6.45) is 1.99. The molecular formula is C17H26FN3OS. The highest BCUT2D eigenvalue weighted by Gasteiger charge is 2.18. The lowest BCUT2D eigenvalue weighted by atomic mass is 10.1. The number of halogens is 1. The SMILES string of the molecule is CSC[C@@H](C)C(=O)NCc1cc(F)ccc1N1CCN(C)CC1. The molecule has 1 atom stereocenters. The summed E-state index contributed by atoms with van der Waals surface area (Å²) in [7, 11) is 2.11. The van der Waals surface area contributed by atoms with Crippen LogP contribution in [0.25, 0.3) is 0 Å². The molecule has 1 aliphatic rings. The Morgan fingerprint density at radius 2 is 2.04 bits per heavy atom. The van der Waals surface area contributed by atoms with E-state index in [9.17, 15) is 9.18 Å². The van der Waals surface area contributed by atoms with Gasteiger partial charge in [0.1, 0.15) is 5.82 Å². The van der Waals surface area contributed by atoms with E-state index in [1.54, 1.807) is 11.8 Å². The molecule has 0 spiro atoms. The van der Waals surface area contributed by atoms with Gasteiger partial charge in [0.25, 0.3) is 0 Å². The lowest BCUT2D eigenvalue weighted by Gasteiger charge is -2.35. The van der Waals surface area contributed by atoms with E-state index in [2.05, 4.69) is 22.2 Å². The van der Waals surface area contributed by atoms with Crippen LogP contribution in [0.1, 0.15) is 12.5 Å². The van der Waals surface area contributed by atoms with Crippen LogP contribution in [0.2, 0.25) is 0 Å². The number of benzene rings is 1. The topological polar surface area (TPSA) is 35.6 Å². The highest BCUT2D eigenvalue weighted by molar-refractivity contribution is 7.98. The predicted molar refractivity (Wildman–Crippen MR) is 95.5 cm³/mol. The number of piperazine rings is 1. The van der Waals surface area contributed by atoms with Crippen LogP contribution in [0, 0.1) is 11.7 Å². The molecule has 1 fully saturated rings. The first-order chi connectivity index (χ1) is 11.0. The van der Waals surface area contributed by atoms with Crippen LogP contribution in [-0.4, -0.2) is 56.0 Å². The summed E-state index contributed by atoms with van der Waals surface area (Å²) in [6.45, 7) is 6.12. The molecule has 6 heteroatoms. The zero-order chi connectivity index (χ0) is 16.8. The Hall–Kier alpha value is -1.27. The standard InChI is InChI=1S/C17H26FN3OS/c1-13(12-23-3)17(22)19-11-14-10-15(18)4-5-16(14)21-8-6-20(2)7-9-21/h4-5,10,13H,6-9,11-12H2,1-3H3,(H,19,22)/t13-/m1/s1. The fourth-order valence-electron chi connectivity index (χ4n) is 2.73. The van der Waals surface area contributed by atoms with Crippen LogP contribution >= 0.6 is 11.8 Å². The summed E-state index contributed by atoms with van der Waals surface area (Å²) in [5.41, 5.74) is 1.87. The van der Waals surface area contributed by atoms with Crippen molar-refractivity contribution >= 4 is 23.4 Å². The van der Waals surface area contributed by atoms with Crippen LogP contribution in [-0.2, 0) is 11.3 Å². The molecule has 4 nitrogen and oxygen atoms in total. The molecule has 1 heterocycles. The maximum atomic E-state index is 13.6. The monoisotopic (exact) mass is 339 g/mol. The van der Waals surface area contributed by atoms with Crippen LogP contribution in [0.4, 0.5) is 10.1 Å². The molecule has 2 rings (SSSR count). The maximum Gasteiger partial charge on any atom is 0.223 e. The number of hydrogen-bond acceptors (Lipinski definition) is 4. The maximum absolute atomic E-state index is 13.6. The number of thioether (sulfide) groups is 1. The van der Waals surface area contributed by atoms with Gasteiger partial charge in [-0.25, -0.2) is 4.39 Å². The van der Waals surface area contributed by atoms with Gasteiger partial charge in [-0.1, -0.05) is 6.92 Å². The number of nitrogens with zero attached hydrogens (tertiary/aromatic N) is 2. The Morgan fingerprint density at radius 3 is 2.70 bits per heavy atom. The third kappa shape index (κ3) is 5.11. The van der Waals surface area contributed by atoms with Crippen molar-refractivity contribution in [3.05, 3.63) is 29.6 Å². The molecule has 0 unspecified atom stereocenters. The van der Waals surface area contributed by atoms with Crippen molar-refractivity contribution in [3.63, 3.8) is 0 Å². The molecule has 0 aliphatic carbocycles. The molecule has 1 saturated heterocycles. The lowest BCUT2D eigenvalue weighted by molar-refractivity contribution is -0.124. The first-order valence-electron chi connectivity index (χ1n) is 8.00. The number of anilines is 1. The average molecular weight is 339 g/mol. The Balaban J connectivity index is 2.05. The van der Waals surface area contributed by atoms with Gasteiger partial charge in [-0.2, -0.15) is 11.8 Å². The van der Waals surface area contributed by atoms with Crippen LogP contribution in [0.3, 0.4) is 0 Å². The van der Waals surface area contributed by atoms with Gasteiger partial charge in [0.15, 0.2) is 0 Å². The molecule has 0 bridgehead atoms. The van der Waals surface area contributed by atoms with Crippen molar-refractivity contribution in [1.82, 2.24) is 10.2 Å². The summed E-state index contributed by atoms with van der Waals surface area (Å²) in [6, 6.07) is 4.86. The molecule has 128 valence electrons. The predicted octanol–water partition coefficient (Wildman–Crippen LogP) is 2.19. The summed E-state index contributed by atoms with van der Waals surface area (Å²) < 4.78 is 13.6. The van der Waals surface area contributed by atoms with Crippen molar-refractivity contribution in [2.24, 2.45) is 5.92 Å². The van der Waals surface area contributed by atoms with Gasteiger partial charge in [-0.3, -0.25) is 4.79 Å². The minimum Gasteiger partial charge on any atom is -0.369 e. The molecule has 1 amide bonds. The Bertz CT molecular complexity index is 533. The van der Waals surface area contributed by atoms with Gasteiger partial charge in [0.05, 0.1) is 0 Å². The molecule has 1 aromatic carbocycles. The van der Waals surface area contributed by atoms with E-state index in [4.69, 9.17) is 0 Å². The molecule has 0 aromatic heterocycles. The second-order valence-corrected chi connectivity index (χ2v) is 7.05. The number of amides is 1. The fourth-order valence-corrected chi connectivity index (χ4v) is 3.39. The van der Waals surface area contributed by atoms with E-state index in [-0.39, 0.29) is 17.6 Å². The second-order valence-electron chi connectivity index (χ2n) is 6.14. The van der Waals surface area contributed by atoms with Crippen LogP contribution in [0.5, 0.6) is 0 Å². The third-order valence-corrected chi connectivity index (χ3v) is 5.04. The van der Waals surface area contributed by atoms with Crippen LogP contribution < -0.4 is 10.2 Å². The Kier molecular flexibility index (Phi) is 6.72. The van der Waals surface area contributed by atoms with Gasteiger partial charge in [-0.05, 0) is 37.1 Å². The van der Waals surface area contributed by atoms with E-state index in [1.165, 1.54) is 12.1 Å². The third-order valence-electron chi connectivity index (χ3n) is 4.20. The number of likely N-dealkylation sites (N-methyl/N-ethyl adjacent to an activating group) is 1. The van der Waals surface area contributed by atoms with E-state index < -0.39 is 0 Å². The molecular weight excluding hydrogens is 313 g/mol. The largest absolute Gasteiger partial charge is 0.369 e. The quantitative estimate of drug-likeness (QED) is 0.862. The number of carbonyl (C=O) groups excluding carboxylic acids is 1. The van der Waals surface area contributed by atoms with Gasteiger partial charge in [0.2, 0.25) is 5.91 Å². The molecule has 1 N–H and O–H groups in total. The molecule has 23 heavy (non-hydrogen) atoms. The van der Waals surface area contributed by atoms with E-state index in [0.717, 1.165) is 43.2 Å². The van der Waals surface area contributed by atoms with E-state index >= 15 is 0 Å². The minimum atomic E-state index is -0.260. The number of hydrogen-bond donors (Lipinski definition) is 1. The first kappa shape index (κ1) is 18.1. The van der Waals surface area contributed by atoms with E-state index in [1.807, 2.05) is 19.2 Å². The molecule has 1 aliphatic heterocycles.